The number of carbonyl (C=O) groups is 1. The molecular weight excluding hydrogens is 166 g/mol. The molecule has 0 bridgehead atoms. The van der Waals surface area contributed by atoms with Gasteiger partial charge in [0.2, 0.25) is 0 Å². The molecule has 1 N–H and O–H groups in total. The summed E-state index contributed by atoms with van der Waals surface area (Å²) in [5.41, 5.74) is 0. The van der Waals surface area contributed by atoms with Crippen LogP contribution in [0.1, 0.15) is 33.6 Å². The Bertz CT molecular complexity index is 191. The highest BCUT2D eigenvalue weighted by molar-refractivity contribution is 5.76. The standard InChI is InChI=1S/C10H19NO2/c1-7(2)11-5-4-10(13)9(11)6-8(3)12/h7,9-10,13H,4-6H2,1-3H3/t9-,10-/m1/s1. The lowest BCUT2D eigenvalue weighted by molar-refractivity contribution is -0.118. The van der Waals surface area contributed by atoms with Gasteiger partial charge in [-0.25, -0.2) is 0 Å². The molecule has 0 aromatic rings. The van der Waals surface area contributed by atoms with Crippen LogP contribution >= 0.6 is 0 Å². The van der Waals surface area contributed by atoms with Gasteiger partial charge in [0.15, 0.2) is 0 Å². The smallest absolute Gasteiger partial charge is 0.131 e. The van der Waals surface area contributed by atoms with Crippen molar-refractivity contribution >= 4 is 5.78 Å². The molecule has 13 heavy (non-hydrogen) atoms. The lowest BCUT2D eigenvalue weighted by Crippen LogP contribution is -2.40. The van der Waals surface area contributed by atoms with Crippen LogP contribution in [0.25, 0.3) is 0 Å². The van der Waals surface area contributed by atoms with Gasteiger partial charge in [0.05, 0.1) is 6.10 Å². The summed E-state index contributed by atoms with van der Waals surface area (Å²) in [4.78, 5) is 13.2. The molecule has 1 saturated heterocycles. The highest BCUT2D eigenvalue weighted by Gasteiger charge is 2.34. The van der Waals surface area contributed by atoms with E-state index >= 15 is 0 Å². The molecule has 0 saturated carbocycles. The third-order valence-electron chi connectivity index (χ3n) is 2.71. The van der Waals surface area contributed by atoms with Crippen LogP contribution < -0.4 is 0 Å². The molecule has 0 aromatic heterocycles. The van der Waals surface area contributed by atoms with E-state index in [0.717, 1.165) is 13.0 Å². The van der Waals surface area contributed by atoms with E-state index in [2.05, 4.69) is 18.7 Å². The fourth-order valence-electron chi connectivity index (χ4n) is 2.05. The summed E-state index contributed by atoms with van der Waals surface area (Å²) in [6.07, 6.45) is 0.974. The van der Waals surface area contributed by atoms with Crippen molar-refractivity contribution in [1.82, 2.24) is 4.90 Å². The van der Waals surface area contributed by atoms with Crippen LogP contribution in [0.3, 0.4) is 0 Å². The topological polar surface area (TPSA) is 40.5 Å². The van der Waals surface area contributed by atoms with Crippen molar-refractivity contribution in [3.8, 4) is 0 Å². The average molecular weight is 185 g/mol. The molecule has 2 atom stereocenters. The minimum atomic E-state index is -0.314. The van der Waals surface area contributed by atoms with E-state index in [0.29, 0.717) is 12.5 Å². The van der Waals surface area contributed by atoms with Crippen molar-refractivity contribution in [3.05, 3.63) is 0 Å². The molecule has 1 fully saturated rings. The van der Waals surface area contributed by atoms with Crippen LogP contribution in [0, 0.1) is 0 Å². The molecule has 1 heterocycles. The van der Waals surface area contributed by atoms with Crippen LogP contribution in [0.4, 0.5) is 0 Å². The number of hydrogen-bond acceptors (Lipinski definition) is 3. The molecule has 0 spiro atoms. The minimum Gasteiger partial charge on any atom is -0.391 e. The van der Waals surface area contributed by atoms with Gasteiger partial charge in [-0.3, -0.25) is 9.69 Å². The van der Waals surface area contributed by atoms with E-state index < -0.39 is 0 Å². The SMILES string of the molecule is CC(=O)C[C@@H]1[C@H](O)CCN1C(C)C. The molecule has 0 unspecified atom stereocenters. The predicted molar refractivity (Wildman–Crippen MR) is 51.6 cm³/mol. The Morgan fingerprint density at radius 3 is 2.69 bits per heavy atom. The Hall–Kier alpha value is -0.410. The fraction of sp³-hybridized carbons (Fsp3) is 0.900. The molecule has 3 nitrogen and oxygen atoms in total. The number of nitrogens with zero attached hydrogens (tertiary/aromatic N) is 1. The maximum absolute atomic E-state index is 11.0. The Morgan fingerprint density at radius 2 is 2.23 bits per heavy atom. The quantitative estimate of drug-likeness (QED) is 0.707. The zero-order valence-electron chi connectivity index (χ0n) is 8.66. The molecule has 0 amide bonds. The molecule has 1 aliphatic heterocycles. The van der Waals surface area contributed by atoms with Crippen molar-refractivity contribution in [2.24, 2.45) is 0 Å². The Labute approximate surface area is 79.7 Å². The average Bonchev–Trinajstić information content (AvgIpc) is 2.32. The summed E-state index contributed by atoms with van der Waals surface area (Å²) in [5, 5.41) is 9.66. The second-order valence-corrected chi connectivity index (χ2v) is 4.16. The number of rotatable bonds is 3. The van der Waals surface area contributed by atoms with Crippen LogP contribution in [0.2, 0.25) is 0 Å². The van der Waals surface area contributed by atoms with Gasteiger partial charge in [-0.15, -0.1) is 0 Å². The summed E-state index contributed by atoms with van der Waals surface area (Å²) in [6.45, 7) is 6.71. The number of carbonyl (C=O) groups excluding carboxylic acids is 1. The van der Waals surface area contributed by atoms with Crippen molar-refractivity contribution in [1.29, 1.82) is 0 Å². The van der Waals surface area contributed by atoms with Crippen molar-refractivity contribution in [3.63, 3.8) is 0 Å². The van der Waals surface area contributed by atoms with Crippen molar-refractivity contribution < 1.29 is 9.90 Å². The summed E-state index contributed by atoms with van der Waals surface area (Å²) < 4.78 is 0. The first-order valence-corrected chi connectivity index (χ1v) is 4.95. The Kier molecular flexibility index (Phi) is 3.45. The van der Waals surface area contributed by atoms with Crippen molar-refractivity contribution in [2.75, 3.05) is 6.54 Å². The second-order valence-electron chi connectivity index (χ2n) is 4.16. The fourth-order valence-corrected chi connectivity index (χ4v) is 2.05. The third kappa shape index (κ3) is 2.51. The number of Topliss-reactive ketones (excluding diaryl/α,β-unsaturated/α-hetero) is 1. The van der Waals surface area contributed by atoms with E-state index in [9.17, 15) is 9.90 Å². The molecule has 76 valence electrons. The number of aliphatic hydroxyl groups is 1. The molecular formula is C10H19NO2. The Morgan fingerprint density at radius 1 is 1.62 bits per heavy atom. The zero-order chi connectivity index (χ0) is 10.0. The van der Waals surface area contributed by atoms with Crippen LogP contribution in [0.15, 0.2) is 0 Å². The minimum absolute atomic E-state index is 0.0532. The lowest BCUT2D eigenvalue weighted by Gasteiger charge is -2.28. The Balaban J connectivity index is 2.60. The van der Waals surface area contributed by atoms with E-state index in [-0.39, 0.29) is 17.9 Å². The lowest BCUT2D eigenvalue weighted by atomic mass is 10.1. The number of likely N-dealkylation sites (tertiary alicyclic amines) is 1. The molecule has 1 aliphatic rings. The van der Waals surface area contributed by atoms with Crippen LogP contribution in [-0.4, -0.2) is 40.5 Å². The van der Waals surface area contributed by atoms with Gasteiger partial charge < -0.3 is 5.11 Å². The molecule has 1 rings (SSSR count). The maximum Gasteiger partial charge on any atom is 0.131 e. The first-order valence-electron chi connectivity index (χ1n) is 4.95. The first kappa shape index (κ1) is 10.7. The molecule has 3 heteroatoms. The predicted octanol–water partition coefficient (Wildman–Crippen LogP) is 0.809. The van der Waals surface area contributed by atoms with Crippen LogP contribution in [0.5, 0.6) is 0 Å². The van der Waals surface area contributed by atoms with Gasteiger partial charge in [-0.1, -0.05) is 0 Å². The highest BCUT2D eigenvalue weighted by atomic mass is 16.3. The van der Waals surface area contributed by atoms with E-state index in [1.54, 1.807) is 6.92 Å². The summed E-state index contributed by atoms with van der Waals surface area (Å²) in [7, 11) is 0. The van der Waals surface area contributed by atoms with Gasteiger partial charge in [0, 0.05) is 25.0 Å². The number of hydrogen-bond donors (Lipinski definition) is 1. The summed E-state index contributed by atoms with van der Waals surface area (Å²) >= 11 is 0. The highest BCUT2D eigenvalue weighted by Crippen LogP contribution is 2.23. The number of aliphatic hydroxyl groups excluding tert-OH is 1. The van der Waals surface area contributed by atoms with E-state index in [1.807, 2.05) is 0 Å². The largest absolute Gasteiger partial charge is 0.391 e. The van der Waals surface area contributed by atoms with E-state index in [1.165, 1.54) is 0 Å². The molecule has 0 aromatic carbocycles. The first-order chi connectivity index (χ1) is 6.02. The van der Waals surface area contributed by atoms with Gasteiger partial charge in [-0.05, 0) is 27.2 Å². The van der Waals surface area contributed by atoms with Gasteiger partial charge >= 0.3 is 0 Å². The zero-order valence-corrected chi connectivity index (χ0v) is 8.66. The molecule has 0 aliphatic carbocycles. The van der Waals surface area contributed by atoms with Gasteiger partial charge in [0.1, 0.15) is 5.78 Å². The van der Waals surface area contributed by atoms with E-state index in [4.69, 9.17) is 0 Å². The maximum atomic E-state index is 11.0. The molecule has 0 radical (unpaired) electrons. The number of ketones is 1. The monoisotopic (exact) mass is 185 g/mol. The normalized spacial score (nSPS) is 29.9. The third-order valence-corrected chi connectivity index (χ3v) is 2.71. The van der Waals surface area contributed by atoms with Crippen LogP contribution in [-0.2, 0) is 4.79 Å². The second kappa shape index (κ2) is 4.20. The van der Waals surface area contributed by atoms with Gasteiger partial charge in [0.25, 0.3) is 0 Å². The summed E-state index contributed by atoms with van der Waals surface area (Å²) in [5.74, 6) is 0.164. The van der Waals surface area contributed by atoms with Gasteiger partial charge in [-0.2, -0.15) is 0 Å². The van der Waals surface area contributed by atoms with Crippen molar-refractivity contribution in [2.45, 2.75) is 51.8 Å². The summed E-state index contributed by atoms with van der Waals surface area (Å²) in [6, 6.07) is 0.471.